The molecule has 0 unspecified atom stereocenters. The highest BCUT2D eigenvalue weighted by atomic mass is 127. The van der Waals surface area contributed by atoms with Gasteiger partial charge in [0, 0.05) is 12.1 Å². The molecular formula is C19H14IN3O7. The number of carbonyl (C=O) groups is 3. The second kappa shape index (κ2) is 8.49. The number of aromatic hydroxyl groups is 1. The number of benzene rings is 2. The zero-order valence-electron chi connectivity index (χ0n) is 15.4. The zero-order valence-corrected chi connectivity index (χ0v) is 17.6. The van der Waals surface area contributed by atoms with E-state index in [2.05, 4.69) is 0 Å². The minimum atomic E-state index is -1.02. The molecule has 154 valence electrons. The van der Waals surface area contributed by atoms with Crippen LogP contribution in [-0.4, -0.2) is 34.5 Å². The third-order valence-corrected chi connectivity index (χ3v) is 4.88. The van der Waals surface area contributed by atoms with E-state index >= 15 is 0 Å². The molecule has 2 aromatic rings. The molecule has 0 aliphatic carbocycles. The molecule has 0 bridgehead atoms. The molecule has 3 rings (SSSR count). The number of amides is 4. The summed E-state index contributed by atoms with van der Waals surface area (Å²) >= 11 is 1.87. The number of urea groups is 1. The van der Waals surface area contributed by atoms with E-state index in [0.717, 1.165) is 6.07 Å². The van der Waals surface area contributed by atoms with Gasteiger partial charge in [0.25, 0.3) is 17.5 Å². The molecule has 1 saturated heterocycles. The van der Waals surface area contributed by atoms with Crippen LogP contribution in [0.15, 0.2) is 42.0 Å². The van der Waals surface area contributed by atoms with Crippen molar-refractivity contribution < 1.29 is 29.2 Å². The summed E-state index contributed by atoms with van der Waals surface area (Å²) in [5.74, 6) is -1.75. The number of carbonyl (C=O) groups excluding carboxylic acids is 3. The van der Waals surface area contributed by atoms with Crippen molar-refractivity contribution >= 4 is 57.9 Å². The molecule has 1 aliphatic heterocycles. The molecule has 1 aliphatic rings. The maximum absolute atomic E-state index is 12.9. The van der Waals surface area contributed by atoms with E-state index in [1.165, 1.54) is 36.4 Å². The van der Waals surface area contributed by atoms with Crippen LogP contribution in [0.4, 0.5) is 16.2 Å². The number of halogens is 1. The summed E-state index contributed by atoms with van der Waals surface area (Å²) in [4.78, 5) is 48.5. The van der Waals surface area contributed by atoms with Crippen LogP contribution in [0.2, 0.25) is 0 Å². The van der Waals surface area contributed by atoms with E-state index in [1.807, 2.05) is 27.9 Å². The smallest absolute Gasteiger partial charge is 0.335 e. The maximum atomic E-state index is 12.9. The van der Waals surface area contributed by atoms with E-state index in [0.29, 0.717) is 14.0 Å². The number of phenolic OH excluding ortho intramolecular Hbond substituents is 1. The Hall–Kier alpha value is -3.48. The van der Waals surface area contributed by atoms with Gasteiger partial charge in [-0.15, -0.1) is 0 Å². The lowest BCUT2D eigenvalue weighted by molar-refractivity contribution is -0.384. The van der Waals surface area contributed by atoms with Crippen molar-refractivity contribution in [3.63, 3.8) is 0 Å². The Bertz CT molecular complexity index is 1110. The predicted molar refractivity (Wildman–Crippen MR) is 114 cm³/mol. The number of imide groups is 2. The van der Waals surface area contributed by atoms with Gasteiger partial charge in [0.15, 0.2) is 11.5 Å². The maximum Gasteiger partial charge on any atom is 0.335 e. The van der Waals surface area contributed by atoms with Crippen molar-refractivity contribution in [3.8, 4) is 11.5 Å². The quantitative estimate of drug-likeness (QED) is 0.202. The molecule has 2 aromatic carbocycles. The fourth-order valence-corrected chi connectivity index (χ4v) is 3.37. The summed E-state index contributed by atoms with van der Waals surface area (Å²) in [6, 6.07) is 6.90. The first kappa shape index (κ1) is 21.2. The summed E-state index contributed by atoms with van der Waals surface area (Å²) in [7, 11) is 0. The summed E-state index contributed by atoms with van der Waals surface area (Å²) in [6.07, 6.45) is 1.25. The van der Waals surface area contributed by atoms with Crippen molar-refractivity contribution in [2.24, 2.45) is 0 Å². The van der Waals surface area contributed by atoms with Gasteiger partial charge in [-0.05, 0) is 59.4 Å². The topological polar surface area (TPSA) is 139 Å². The normalized spacial score (nSPS) is 15.3. The fraction of sp³-hybridized carbons (Fsp3) is 0.105. The molecule has 0 saturated carbocycles. The van der Waals surface area contributed by atoms with Crippen LogP contribution in [0.3, 0.4) is 0 Å². The monoisotopic (exact) mass is 523 g/mol. The Balaban J connectivity index is 2.05. The van der Waals surface area contributed by atoms with Gasteiger partial charge in [-0.1, -0.05) is 6.07 Å². The highest BCUT2D eigenvalue weighted by Crippen LogP contribution is 2.34. The van der Waals surface area contributed by atoms with Gasteiger partial charge in [-0.3, -0.25) is 25.0 Å². The molecule has 0 radical (unpaired) electrons. The Morgan fingerprint density at radius 1 is 1.27 bits per heavy atom. The van der Waals surface area contributed by atoms with Crippen LogP contribution in [0.1, 0.15) is 12.5 Å². The van der Waals surface area contributed by atoms with Crippen molar-refractivity contribution in [1.82, 2.24) is 5.32 Å². The predicted octanol–water partition coefficient (Wildman–Crippen LogP) is 2.97. The van der Waals surface area contributed by atoms with Gasteiger partial charge in [0.05, 0.1) is 20.8 Å². The zero-order chi connectivity index (χ0) is 22.0. The molecule has 1 heterocycles. The van der Waals surface area contributed by atoms with Gasteiger partial charge in [0.1, 0.15) is 5.57 Å². The molecule has 0 atom stereocenters. The van der Waals surface area contributed by atoms with E-state index in [9.17, 15) is 29.6 Å². The molecule has 0 spiro atoms. The highest BCUT2D eigenvalue weighted by Gasteiger charge is 2.37. The average molecular weight is 523 g/mol. The van der Waals surface area contributed by atoms with Crippen LogP contribution in [0.25, 0.3) is 6.08 Å². The summed E-state index contributed by atoms with van der Waals surface area (Å²) in [5, 5.41) is 23.1. The molecule has 1 fully saturated rings. The number of hydrogen-bond donors (Lipinski definition) is 2. The fourth-order valence-electron chi connectivity index (χ4n) is 2.75. The van der Waals surface area contributed by atoms with Crippen LogP contribution in [0.5, 0.6) is 11.5 Å². The van der Waals surface area contributed by atoms with Crippen molar-refractivity contribution in [1.29, 1.82) is 0 Å². The van der Waals surface area contributed by atoms with Gasteiger partial charge in [-0.25, -0.2) is 9.69 Å². The van der Waals surface area contributed by atoms with E-state index in [4.69, 9.17) is 4.74 Å². The molecular weight excluding hydrogens is 509 g/mol. The minimum Gasteiger partial charge on any atom is -0.504 e. The number of ether oxygens (including phenoxy) is 1. The largest absolute Gasteiger partial charge is 0.504 e. The van der Waals surface area contributed by atoms with E-state index in [1.54, 1.807) is 6.92 Å². The van der Waals surface area contributed by atoms with E-state index < -0.39 is 22.8 Å². The van der Waals surface area contributed by atoms with Crippen LogP contribution in [-0.2, 0) is 9.59 Å². The molecule has 11 heteroatoms. The third-order valence-electron chi connectivity index (χ3n) is 4.06. The standard InChI is InChI=1S/C19H14IN3O7/c1-2-30-15-8-10(7-14(20)16(15)24)6-13-17(25)21-19(27)22(18(13)26)11-4-3-5-12(9-11)23(28)29/h3-9,24H,2H2,1H3,(H,21,25,27)/b13-6+. The number of hydrogen-bond acceptors (Lipinski definition) is 7. The Labute approximate surface area is 183 Å². The lowest BCUT2D eigenvalue weighted by Crippen LogP contribution is -2.54. The molecule has 30 heavy (non-hydrogen) atoms. The van der Waals surface area contributed by atoms with Crippen molar-refractivity contribution in [3.05, 3.63) is 61.2 Å². The summed E-state index contributed by atoms with van der Waals surface area (Å²) in [5.41, 5.74) is -0.345. The number of phenols is 1. The van der Waals surface area contributed by atoms with Gasteiger partial charge >= 0.3 is 6.03 Å². The van der Waals surface area contributed by atoms with Gasteiger partial charge in [-0.2, -0.15) is 0 Å². The SMILES string of the molecule is CCOc1cc(/C=C2\C(=O)NC(=O)N(c3cccc([N+](=O)[O-])c3)C2=O)cc(I)c1O. The van der Waals surface area contributed by atoms with Gasteiger partial charge in [0.2, 0.25) is 0 Å². The van der Waals surface area contributed by atoms with Crippen LogP contribution >= 0.6 is 22.6 Å². The number of nitrogens with zero attached hydrogens (tertiary/aromatic N) is 2. The average Bonchev–Trinajstić information content (AvgIpc) is 2.69. The van der Waals surface area contributed by atoms with Crippen molar-refractivity contribution in [2.75, 3.05) is 11.5 Å². The second-order valence-electron chi connectivity index (χ2n) is 6.02. The van der Waals surface area contributed by atoms with Crippen molar-refractivity contribution in [2.45, 2.75) is 6.92 Å². The number of barbiturate groups is 1. The van der Waals surface area contributed by atoms with Crippen LogP contribution in [0, 0.1) is 13.7 Å². The van der Waals surface area contributed by atoms with Crippen LogP contribution < -0.4 is 15.0 Å². The number of nitro benzene ring substituents is 1. The number of anilines is 1. The van der Waals surface area contributed by atoms with Gasteiger partial charge < -0.3 is 9.84 Å². The first-order valence-electron chi connectivity index (χ1n) is 8.54. The molecule has 4 amide bonds. The molecule has 0 aromatic heterocycles. The number of nitro groups is 1. The summed E-state index contributed by atoms with van der Waals surface area (Å²) < 4.78 is 5.78. The van der Waals surface area contributed by atoms with E-state index in [-0.39, 0.29) is 35.1 Å². The Morgan fingerprint density at radius 2 is 2.00 bits per heavy atom. The Kier molecular flexibility index (Phi) is 6.01. The number of nitrogens with one attached hydrogen (secondary N) is 1. The second-order valence-corrected chi connectivity index (χ2v) is 7.18. The number of rotatable bonds is 5. The first-order chi connectivity index (χ1) is 14.2. The third kappa shape index (κ3) is 4.10. The molecule has 10 nitrogen and oxygen atoms in total. The first-order valence-corrected chi connectivity index (χ1v) is 9.62. The number of non-ortho nitro benzene ring substituents is 1. The lowest BCUT2D eigenvalue weighted by atomic mass is 10.1. The minimum absolute atomic E-state index is 0.0552. The summed E-state index contributed by atoms with van der Waals surface area (Å²) in [6.45, 7) is 2.02. The highest BCUT2D eigenvalue weighted by molar-refractivity contribution is 14.1. The lowest BCUT2D eigenvalue weighted by Gasteiger charge is -2.26. The Morgan fingerprint density at radius 3 is 2.67 bits per heavy atom. The molecule has 2 N–H and O–H groups in total.